The van der Waals surface area contributed by atoms with E-state index in [4.69, 9.17) is 0 Å². The SMILES string of the molecule is C\C=C/C(C(=O)Nc1cc(C)c(NC(=O)CCCC)c(CC)c1)=C(\C=C\CC)CC(F)(F)F. The number of anilines is 2. The van der Waals surface area contributed by atoms with Gasteiger partial charge in [0.2, 0.25) is 5.91 Å². The molecule has 7 heteroatoms. The molecule has 4 nitrogen and oxygen atoms in total. The third-order valence-corrected chi connectivity index (χ3v) is 4.95. The van der Waals surface area contributed by atoms with Gasteiger partial charge < -0.3 is 10.6 Å². The van der Waals surface area contributed by atoms with E-state index in [0.29, 0.717) is 30.6 Å². The van der Waals surface area contributed by atoms with Crippen LogP contribution in [0.1, 0.15) is 70.9 Å². The lowest BCUT2D eigenvalue weighted by Crippen LogP contribution is -2.18. The molecule has 0 atom stereocenters. The van der Waals surface area contributed by atoms with Gasteiger partial charge in [-0.25, -0.2) is 0 Å². The molecule has 0 spiro atoms. The van der Waals surface area contributed by atoms with Crippen molar-refractivity contribution >= 4 is 23.2 Å². The van der Waals surface area contributed by atoms with E-state index in [1.807, 2.05) is 27.7 Å². The number of amides is 2. The van der Waals surface area contributed by atoms with Crippen molar-refractivity contribution in [2.45, 2.75) is 79.3 Å². The molecule has 2 amide bonds. The Morgan fingerprint density at radius 2 is 1.76 bits per heavy atom. The normalized spacial score (nSPS) is 12.8. The number of alkyl halides is 3. The van der Waals surface area contributed by atoms with Gasteiger partial charge in [0.05, 0.1) is 6.42 Å². The maximum Gasteiger partial charge on any atom is 0.393 e. The van der Waals surface area contributed by atoms with E-state index in [0.717, 1.165) is 24.0 Å². The van der Waals surface area contributed by atoms with Gasteiger partial charge in [-0.2, -0.15) is 13.2 Å². The Hall–Kier alpha value is -2.83. The third-order valence-electron chi connectivity index (χ3n) is 4.95. The second-order valence-corrected chi connectivity index (χ2v) is 7.83. The molecule has 0 heterocycles. The zero-order valence-corrected chi connectivity index (χ0v) is 20.2. The van der Waals surface area contributed by atoms with Crippen molar-refractivity contribution in [3.8, 4) is 0 Å². The molecule has 0 saturated carbocycles. The molecule has 33 heavy (non-hydrogen) atoms. The fraction of sp³-hybridized carbons (Fsp3) is 0.462. The van der Waals surface area contributed by atoms with Crippen LogP contribution in [-0.2, 0) is 16.0 Å². The van der Waals surface area contributed by atoms with E-state index in [9.17, 15) is 22.8 Å². The molecule has 0 bridgehead atoms. The number of allylic oxidation sites excluding steroid dienone is 4. The Labute approximate surface area is 195 Å². The van der Waals surface area contributed by atoms with Gasteiger partial charge in [0.25, 0.3) is 5.91 Å². The molecule has 1 rings (SSSR count). The number of hydrogen-bond donors (Lipinski definition) is 2. The van der Waals surface area contributed by atoms with Crippen molar-refractivity contribution in [3.63, 3.8) is 0 Å². The maximum atomic E-state index is 13.1. The average Bonchev–Trinajstić information content (AvgIpc) is 2.74. The van der Waals surface area contributed by atoms with Crippen LogP contribution in [0.5, 0.6) is 0 Å². The molecular formula is C26H35F3N2O2. The summed E-state index contributed by atoms with van der Waals surface area (Å²) in [6, 6.07) is 3.46. The molecule has 0 saturated heterocycles. The maximum absolute atomic E-state index is 13.1. The van der Waals surface area contributed by atoms with Crippen LogP contribution >= 0.6 is 0 Å². The van der Waals surface area contributed by atoms with E-state index >= 15 is 0 Å². The molecule has 0 aliphatic heterocycles. The molecule has 0 aliphatic rings. The summed E-state index contributed by atoms with van der Waals surface area (Å²) in [6.07, 6.45) is 3.59. The third kappa shape index (κ3) is 9.68. The molecule has 1 aromatic carbocycles. The Bertz CT molecular complexity index is 913. The van der Waals surface area contributed by atoms with Crippen molar-refractivity contribution in [3.05, 3.63) is 58.7 Å². The number of hydrogen-bond acceptors (Lipinski definition) is 2. The summed E-state index contributed by atoms with van der Waals surface area (Å²) >= 11 is 0. The van der Waals surface area contributed by atoms with Crippen molar-refractivity contribution in [1.29, 1.82) is 0 Å². The second-order valence-electron chi connectivity index (χ2n) is 7.83. The van der Waals surface area contributed by atoms with Crippen LogP contribution < -0.4 is 10.6 Å². The summed E-state index contributed by atoms with van der Waals surface area (Å²) in [5, 5.41) is 5.69. The van der Waals surface area contributed by atoms with Gasteiger partial charge in [-0.3, -0.25) is 9.59 Å². The van der Waals surface area contributed by atoms with Crippen LogP contribution in [0.3, 0.4) is 0 Å². The van der Waals surface area contributed by atoms with E-state index in [2.05, 4.69) is 10.6 Å². The average molecular weight is 465 g/mol. The van der Waals surface area contributed by atoms with Crippen molar-refractivity contribution < 1.29 is 22.8 Å². The van der Waals surface area contributed by atoms with E-state index < -0.39 is 18.5 Å². The zero-order chi connectivity index (χ0) is 25.0. The smallest absolute Gasteiger partial charge is 0.326 e. The minimum atomic E-state index is -4.44. The lowest BCUT2D eigenvalue weighted by atomic mass is 10.0. The summed E-state index contributed by atoms with van der Waals surface area (Å²) in [4.78, 5) is 25.2. The fourth-order valence-corrected chi connectivity index (χ4v) is 3.34. The van der Waals surface area contributed by atoms with Crippen LogP contribution in [0.2, 0.25) is 0 Å². The number of aryl methyl sites for hydroxylation is 2. The minimum absolute atomic E-state index is 0.0350. The first-order valence-electron chi connectivity index (χ1n) is 11.4. The number of carbonyl (C=O) groups excluding carboxylic acids is 2. The standard InChI is InChI=1S/C26H35F3N2O2/c1-6-10-13-20(17-26(27,28)29)22(12-8-3)25(33)30-21-15-18(5)24(19(9-4)16-21)31-23(32)14-11-7-2/h8,10,12-13,15-16H,6-7,9,11,14,17H2,1-5H3,(H,30,33)(H,31,32)/b12-8-,13-10+,22-20-. The molecule has 182 valence electrons. The summed E-state index contributed by atoms with van der Waals surface area (Å²) in [5.74, 6) is -0.682. The summed E-state index contributed by atoms with van der Waals surface area (Å²) in [7, 11) is 0. The number of unbranched alkanes of at least 4 members (excludes halogenated alkanes) is 1. The van der Waals surface area contributed by atoms with Gasteiger partial charge in [-0.05, 0) is 61.9 Å². The lowest BCUT2D eigenvalue weighted by molar-refractivity contribution is -0.126. The van der Waals surface area contributed by atoms with Crippen LogP contribution in [0.15, 0.2) is 47.6 Å². The number of carbonyl (C=O) groups is 2. The van der Waals surface area contributed by atoms with E-state index in [1.54, 1.807) is 31.2 Å². The molecular weight excluding hydrogens is 429 g/mol. The first-order valence-corrected chi connectivity index (χ1v) is 11.4. The number of nitrogens with one attached hydrogen (secondary N) is 2. The van der Waals surface area contributed by atoms with Crippen molar-refractivity contribution in [1.82, 2.24) is 0 Å². The quantitative estimate of drug-likeness (QED) is 0.264. The molecule has 0 unspecified atom stereocenters. The first-order chi connectivity index (χ1) is 15.6. The molecule has 0 aliphatic carbocycles. The van der Waals surface area contributed by atoms with Crippen LogP contribution in [0, 0.1) is 6.92 Å². The predicted octanol–water partition coefficient (Wildman–Crippen LogP) is 7.42. The van der Waals surface area contributed by atoms with Crippen LogP contribution in [-0.4, -0.2) is 18.0 Å². The largest absolute Gasteiger partial charge is 0.393 e. The van der Waals surface area contributed by atoms with Gasteiger partial charge >= 0.3 is 6.18 Å². The zero-order valence-electron chi connectivity index (χ0n) is 20.2. The van der Waals surface area contributed by atoms with Crippen molar-refractivity contribution in [2.24, 2.45) is 0 Å². The first kappa shape index (κ1) is 28.2. The molecule has 0 fully saturated rings. The monoisotopic (exact) mass is 464 g/mol. The molecule has 0 aromatic heterocycles. The van der Waals surface area contributed by atoms with E-state index in [1.165, 1.54) is 12.2 Å². The molecule has 0 radical (unpaired) electrons. The Balaban J connectivity index is 3.31. The highest BCUT2D eigenvalue weighted by molar-refractivity contribution is 6.07. The highest BCUT2D eigenvalue weighted by Crippen LogP contribution is 2.30. The number of halogens is 3. The Morgan fingerprint density at radius 1 is 1.06 bits per heavy atom. The second kappa shape index (κ2) is 13.7. The van der Waals surface area contributed by atoms with E-state index in [-0.39, 0.29) is 17.1 Å². The number of rotatable bonds is 11. The molecule has 2 N–H and O–H groups in total. The predicted molar refractivity (Wildman–Crippen MR) is 129 cm³/mol. The minimum Gasteiger partial charge on any atom is -0.326 e. The summed E-state index contributed by atoms with van der Waals surface area (Å²) in [5.41, 5.74) is 2.66. The van der Waals surface area contributed by atoms with Crippen LogP contribution in [0.4, 0.5) is 24.5 Å². The van der Waals surface area contributed by atoms with Crippen LogP contribution in [0.25, 0.3) is 0 Å². The fourth-order valence-electron chi connectivity index (χ4n) is 3.34. The lowest BCUT2D eigenvalue weighted by Gasteiger charge is -2.17. The van der Waals surface area contributed by atoms with Gasteiger partial charge in [0.1, 0.15) is 0 Å². The topological polar surface area (TPSA) is 58.2 Å². The Kier molecular flexibility index (Phi) is 11.7. The number of benzene rings is 1. The summed E-state index contributed by atoms with van der Waals surface area (Å²) in [6.45, 7) is 9.24. The molecule has 1 aromatic rings. The highest BCUT2D eigenvalue weighted by Gasteiger charge is 2.30. The Morgan fingerprint density at radius 3 is 2.30 bits per heavy atom. The van der Waals surface area contributed by atoms with Gasteiger partial charge in [0, 0.05) is 23.4 Å². The van der Waals surface area contributed by atoms with Gasteiger partial charge in [-0.15, -0.1) is 0 Å². The summed E-state index contributed by atoms with van der Waals surface area (Å²) < 4.78 is 39.4. The van der Waals surface area contributed by atoms with Gasteiger partial charge in [-0.1, -0.05) is 51.5 Å². The van der Waals surface area contributed by atoms with Gasteiger partial charge in [0.15, 0.2) is 0 Å². The van der Waals surface area contributed by atoms with Crippen molar-refractivity contribution in [2.75, 3.05) is 10.6 Å². The highest BCUT2D eigenvalue weighted by atomic mass is 19.4.